The van der Waals surface area contributed by atoms with Gasteiger partial charge < -0.3 is 30.7 Å². The van der Waals surface area contributed by atoms with Gasteiger partial charge in [-0.2, -0.15) is 4.91 Å². The van der Waals surface area contributed by atoms with Gasteiger partial charge in [0, 0.05) is 19.9 Å². The highest BCUT2D eigenvalue weighted by molar-refractivity contribution is 5.91. The first-order valence-corrected chi connectivity index (χ1v) is 7.70. The second kappa shape index (κ2) is 9.20. The van der Waals surface area contributed by atoms with Crippen LogP contribution in [0.3, 0.4) is 0 Å². The largest absolute Gasteiger partial charge is 0.478 e. The average molecular weight is 375 g/mol. The second-order valence-electron chi connectivity index (χ2n) is 5.89. The Balaban J connectivity index is 2.97. The fourth-order valence-corrected chi connectivity index (χ4v) is 2.59. The third kappa shape index (κ3) is 5.74. The molecule has 146 valence electrons. The van der Waals surface area contributed by atoms with Crippen molar-refractivity contribution in [1.29, 1.82) is 0 Å². The van der Waals surface area contributed by atoms with Crippen molar-refractivity contribution >= 4 is 23.8 Å². The number of carboxylic acid groups (broad SMARTS) is 1. The molecule has 1 fully saturated rings. The number of nitrogens with zero attached hydrogens (tertiary/aromatic N) is 1. The number of carboxylic acids is 1. The lowest BCUT2D eigenvalue weighted by Gasteiger charge is -2.35. The predicted octanol–water partition coefficient (Wildman–Crippen LogP) is -1.96. The number of aliphatic carboxylic acids is 1. The van der Waals surface area contributed by atoms with Crippen LogP contribution in [0, 0.1) is 4.91 Å². The summed E-state index contributed by atoms with van der Waals surface area (Å²) < 4.78 is 9.23. The summed E-state index contributed by atoms with van der Waals surface area (Å²) in [6.45, 7) is 1.86. The molecule has 0 bridgehead atoms. The molecule has 12 nitrogen and oxygen atoms in total. The van der Waals surface area contributed by atoms with Crippen molar-refractivity contribution in [2.75, 3.05) is 0 Å². The summed E-state index contributed by atoms with van der Waals surface area (Å²) >= 11 is 0. The first-order chi connectivity index (χ1) is 12.1. The second-order valence-corrected chi connectivity index (χ2v) is 5.89. The third-order valence-corrected chi connectivity index (χ3v) is 3.79. The number of aliphatic hydroxyl groups is 1. The normalized spacial score (nSPS) is 27.5. The van der Waals surface area contributed by atoms with E-state index in [1.807, 2.05) is 0 Å². The van der Waals surface area contributed by atoms with Crippen LogP contribution in [0.15, 0.2) is 5.18 Å². The molecule has 4 unspecified atom stereocenters. The Morgan fingerprint density at radius 1 is 1.12 bits per heavy atom. The molecule has 0 aromatic rings. The maximum atomic E-state index is 12.4. The monoisotopic (exact) mass is 375 g/mol. The molecule has 1 saturated carbocycles. The fraction of sp³-hybridized carbons (Fsp3) is 0.714. The molecule has 0 aromatic carbocycles. The smallest absolute Gasteiger partial charge is 0.349 e. The van der Waals surface area contributed by atoms with Gasteiger partial charge in [-0.3, -0.25) is 14.4 Å². The minimum atomic E-state index is -2.08. The van der Waals surface area contributed by atoms with Crippen LogP contribution < -0.4 is 11.1 Å². The maximum absolute atomic E-state index is 12.4. The summed E-state index contributed by atoms with van der Waals surface area (Å²) in [4.78, 5) is 56.8. The van der Waals surface area contributed by atoms with Gasteiger partial charge in [-0.15, -0.1) is 0 Å². The van der Waals surface area contributed by atoms with Gasteiger partial charge in [0.1, 0.15) is 6.04 Å². The van der Waals surface area contributed by atoms with E-state index in [9.17, 15) is 29.2 Å². The number of nitroso groups, excluding NO2 is 1. The van der Waals surface area contributed by atoms with Gasteiger partial charge in [-0.1, -0.05) is 5.18 Å². The number of nitrogens with one attached hydrogen (secondary N) is 1. The van der Waals surface area contributed by atoms with Gasteiger partial charge in [0.15, 0.2) is 0 Å². The first kappa shape index (κ1) is 21.4. The van der Waals surface area contributed by atoms with Crippen LogP contribution in [0.25, 0.3) is 0 Å². The zero-order valence-electron chi connectivity index (χ0n) is 14.2. The Morgan fingerprint density at radius 3 is 2.12 bits per heavy atom. The number of hydrogen-bond donors (Lipinski definition) is 4. The molecule has 1 rings (SSSR count). The van der Waals surface area contributed by atoms with E-state index < -0.39 is 60.3 Å². The molecule has 0 aliphatic heterocycles. The Bertz CT molecular complexity index is 582. The lowest BCUT2D eigenvalue weighted by Crippen LogP contribution is -2.58. The lowest BCUT2D eigenvalue weighted by atomic mass is 9.85. The minimum absolute atomic E-state index is 0.0219. The number of carbonyl (C=O) groups is 4. The van der Waals surface area contributed by atoms with E-state index in [0.717, 1.165) is 13.8 Å². The minimum Gasteiger partial charge on any atom is -0.478 e. The standard InChI is InChI=1S/C14H21N3O9/c1-5(18)25-11(12(14(22)23)26-6(2)19)13(21)16-9-4-8(17-24)7(15)3-10(9)20/h7-12,20H,3-4,15H2,1-2H3,(H,16,21)(H,22,23)/t7-,8?,9-,10?,11?,12?/m1/s1. The molecule has 0 spiro atoms. The Kier molecular flexibility index (Phi) is 7.58. The fourth-order valence-electron chi connectivity index (χ4n) is 2.59. The van der Waals surface area contributed by atoms with Crippen molar-refractivity contribution < 1.29 is 38.9 Å². The number of carbonyl (C=O) groups excluding carboxylic acids is 3. The molecule has 0 radical (unpaired) electrons. The molecule has 1 aliphatic carbocycles. The van der Waals surface area contributed by atoms with Crippen molar-refractivity contribution in [2.24, 2.45) is 10.9 Å². The zero-order chi connectivity index (χ0) is 20.0. The van der Waals surface area contributed by atoms with E-state index >= 15 is 0 Å². The molecular formula is C14H21N3O9. The van der Waals surface area contributed by atoms with Gasteiger partial charge in [-0.25, -0.2) is 4.79 Å². The Hall–Kier alpha value is -2.60. The summed E-state index contributed by atoms with van der Waals surface area (Å²) in [6.07, 6.45) is -5.30. The summed E-state index contributed by atoms with van der Waals surface area (Å²) in [6, 6.07) is -2.53. The van der Waals surface area contributed by atoms with Gasteiger partial charge in [0.25, 0.3) is 5.91 Å². The van der Waals surface area contributed by atoms with Crippen molar-refractivity contribution in [3.05, 3.63) is 4.91 Å². The molecule has 0 saturated heterocycles. The Morgan fingerprint density at radius 2 is 1.65 bits per heavy atom. The molecule has 0 aromatic heterocycles. The van der Waals surface area contributed by atoms with Crippen LogP contribution >= 0.6 is 0 Å². The van der Waals surface area contributed by atoms with Crippen LogP contribution in [0.4, 0.5) is 0 Å². The zero-order valence-corrected chi connectivity index (χ0v) is 14.2. The maximum Gasteiger partial charge on any atom is 0.349 e. The number of esters is 2. The number of aliphatic hydroxyl groups excluding tert-OH is 1. The quantitative estimate of drug-likeness (QED) is 0.286. The lowest BCUT2D eigenvalue weighted by molar-refractivity contribution is -0.181. The van der Waals surface area contributed by atoms with Gasteiger partial charge in [0.05, 0.1) is 12.1 Å². The molecule has 0 heterocycles. The SMILES string of the molecule is CC(=O)OC(C(=O)O)C(OC(C)=O)C(=O)N[C@@H]1CC(N=O)[C@H](N)CC1O. The van der Waals surface area contributed by atoms with Crippen LogP contribution in [-0.4, -0.2) is 70.5 Å². The molecule has 6 atom stereocenters. The molecule has 12 heteroatoms. The van der Waals surface area contributed by atoms with E-state index in [-0.39, 0.29) is 12.8 Å². The summed E-state index contributed by atoms with van der Waals surface area (Å²) in [7, 11) is 0. The number of amides is 1. The van der Waals surface area contributed by atoms with E-state index in [4.69, 9.17) is 10.8 Å². The molecule has 5 N–H and O–H groups in total. The summed E-state index contributed by atoms with van der Waals surface area (Å²) in [5.74, 6) is -4.81. The number of nitrogens with two attached hydrogens (primary N) is 1. The van der Waals surface area contributed by atoms with Crippen molar-refractivity contribution in [1.82, 2.24) is 5.32 Å². The van der Waals surface area contributed by atoms with Gasteiger partial charge in [0.2, 0.25) is 12.2 Å². The van der Waals surface area contributed by atoms with E-state index in [0.29, 0.717) is 0 Å². The van der Waals surface area contributed by atoms with Gasteiger partial charge >= 0.3 is 17.9 Å². The number of hydrogen-bond acceptors (Lipinski definition) is 10. The van der Waals surface area contributed by atoms with Crippen LogP contribution in [0.1, 0.15) is 26.7 Å². The highest BCUT2D eigenvalue weighted by Gasteiger charge is 2.42. The van der Waals surface area contributed by atoms with Crippen LogP contribution in [0.2, 0.25) is 0 Å². The summed E-state index contributed by atoms with van der Waals surface area (Å²) in [5, 5.41) is 24.3. The van der Waals surface area contributed by atoms with Crippen molar-refractivity contribution in [3.8, 4) is 0 Å². The van der Waals surface area contributed by atoms with Gasteiger partial charge in [-0.05, 0) is 12.8 Å². The van der Waals surface area contributed by atoms with E-state index in [1.165, 1.54) is 0 Å². The molecule has 1 aliphatic rings. The molecule has 26 heavy (non-hydrogen) atoms. The van der Waals surface area contributed by atoms with E-state index in [1.54, 1.807) is 0 Å². The summed E-state index contributed by atoms with van der Waals surface area (Å²) in [5.41, 5.74) is 5.67. The third-order valence-electron chi connectivity index (χ3n) is 3.79. The highest BCUT2D eigenvalue weighted by atomic mass is 16.6. The Labute approximate surface area is 148 Å². The van der Waals surface area contributed by atoms with Crippen molar-refractivity contribution in [3.63, 3.8) is 0 Å². The number of ether oxygens (including phenoxy) is 2. The predicted molar refractivity (Wildman–Crippen MR) is 83.5 cm³/mol. The average Bonchev–Trinajstić information content (AvgIpc) is 2.52. The van der Waals surface area contributed by atoms with E-state index in [2.05, 4.69) is 20.0 Å². The highest BCUT2D eigenvalue weighted by Crippen LogP contribution is 2.21. The molecule has 1 amide bonds. The first-order valence-electron chi connectivity index (χ1n) is 7.70. The van der Waals surface area contributed by atoms with Crippen LogP contribution in [-0.2, 0) is 28.7 Å². The molecular weight excluding hydrogens is 354 g/mol. The van der Waals surface area contributed by atoms with Crippen LogP contribution in [0.5, 0.6) is 0 Å². The van der Waals surface area contributed by atoms with Crippen molar-refractivity contribution in [2.45, 2.75) is 63.1 Å². The topological polar surface area (TPSA) is 195 Å². The number of rotatable bonds is 7.